The van der Waals surface area contributed by atoms with E-state index in [-0.39, 0.29) is 23.0 Å². The van der Waals surface area contributed by atoms with Gasteiger partial charge in [0, 0.05) is 13.1 Å². The normalized spacial score (nSPS) is 11.3. The SMILES string of the molecule is [CH2]Cn1c(=O)c2[nH]c(Cl)nc2n(CCCCC)c1=O. The fourth-order valence-electron chi connectivity index (χ4n) is 2.06. The molecule has 7 heteroatoms. The second kappa shape index (κ2) is 5.61. The molecule has 6 nitrogen and oxygen atoms in total. The first-order valence-electron chi connectivity index (χ1n) is 6.28. The van der Waals surface area contributed by atoms with Gasteiger partial charge in [-0.1, -0.05) is 19.8 Å². The Kier molecular flexibility index (Phi) is 4.09. The standard InChI is InChI=1S/C12H16ClN4O2/c1-3-5-6-7-17-9-8(14-11(13)15-9)10(18)16(4-2)12(17)19/h2-7H2,1H3,(H,14,15). The largest absolute Gasteiger partial charge is 0.332 e. The van der Waals surface area contributed by atoms with Gasteiger partial charge < -0.3 is 4.98 Å². The predicted molar refractivity (Wildman–Crippen MR) is 74.5 cm³/mol. The summed E-state index contributed by atoms with van der Waals surface area (Å²) in [6.07, 6.45) is 2.91. The van der Waals surface area contributed by atoms with E-state index < -0.39 is 5.56 Å². The van der Waals surface area contributed by atoms with Crippen LogP contribution in [0.3, 0.4) is 0 Å². The van der Waals surface area contributed by atoms with Crippen molar-refractivity contribution in [2.75, 3.05) is 0 Å². The second-order valence-corrected chi connectivity index (χ2v) is 4.68. The molecule has 0 bridgehead atoms. The number of hydrogen-bond donors (Lipinski definition) is 1. The molecule has 2 heterocycles. The Labute approximate surface area is 115 Å². The molecular weight excluding hydrogens is 268 g/mol. The number of nitrogens with one attached hydrogen (secondary N) is 1. The summed E-state index contributed by atoms with van der Waals surface area (Å²) in [6, 6.07) is 0. The van der Waals surface area contributed by atoms with E-state index in [4.69, 9.17) is 11.6 Å². The molecule has 2 rings (SSSR count). The lowest BCUT2D eigenvalue weighted by atomic mass is 10.2. The molecule has 0 unspecified atom stereocenters. The van der Waals surface area contributed by atoms with Crippen LogP contribution in [0, 0.1) is 6.92 Å². The van der Waals surface area contributed by atoms with Crippen LogP contribution in [-0.2, 0) is 13.1 Å². The van der Waals surface area contributed by atoms with Crippen LogP contribution < -0.4 is 11.2 Å². The summed E-state index contributed by atoms with van der Waals surface area (Å²) in [4.78, 5) is 31.0. The van der Waals surface area contributed by atoms with Crippen molar-refractivity contribution in [3.05, 3.63) is 33.0 Å². The number of aromatic amines is 1. The van der Waals surface area contributed by atoms with Crippen molar-refractivity contribution in [3.63, 3.8) is 0 Å². The molecule has 0 atom stereocenters. The summed E-state index contributed by atoms with van der Waals surface area (Å²) < 4.78 is 2.57. The van der Waals surface area contributed by atoms with Crippen molar-refractivity contribution < 1.29 is 0 Å². The van der Waals surface area contributed by atoms with E-state index in [1.807, 2.05) is 0 Å². The molecule has 0 fully saturated rings. The fourth-order valence-corrected chi connectivity index (χ4v) is 2.23. The molecule has 1 N–H and O–H groups in total. The average Bonchev–Trinajstić information content (AvgIpc) is 2.76. The Hall–Kier alpha value is -1.56. The lowest BCUT2D eigenvalue weighted by molar-refractivity contribution is 0.557. The minimum Gasteiger partial charge on any atom is -0.323 e. The summed E-state index contributed by atoms with van der Waals surface area (Å²) in [5.41, 5.74) is -0.238. The first kappa shape index (κ1) is 13.9. The maximum atomic E-state index is 12.2. The zero-order valence-corrected chi connectivity index (χ0v) is 11.5. The third-order valence-corrected chi connectivity index (χ3v) is 3.22. The maximum absolute atomic E-state index is 12.2. The second-order valence-electron chi connectivity index (χ2n) is 4.32. The summed E-state index contributed by atoms with van der Waals surface area (Å²) >= 11 is 5.79. The molecule has 0 aliphatic carbocycles. The predicted octanol–water partition coefficient (Wildman–Crippen LogP) is 1.56. The molecule has 0 aromatic carbocycles. The number of halogens is 1. The highest BCUT2D eigenvalue weighted by Crippen LogP contribution is 2.10. The minimum absolute atomic E-state index is 0.0814. The van der Waals surface area contributed by atoms with Crippen molar-refractivity contribution in [3.8, 4) is 0 Å². The van der Waals surface area contributed by atoms with E-state index in [0.29, 0.717) is 12.2 Å². The van der Waals surface area contributed by atoms with Crippen molar-refractivity contribution >= 4 is 22.8 Å². The van der Waals surface area contributed by atoms with E-state index in [2.05, 4.69) is 23.8 Å². The molecule has 0 amide bonds. The van der Waals surface area contributed by atoms with Crippen LogP contribution in [0.4, 0.5) is 0 Å². The highest BCUT2D eigenvalue weighted by atomic mass is 35.5. The highest BCUT2D eigenvalue weighted by Gasteiger charge is 2.15. The van der Waals surface area contributed by atoms with Gasteiger partial charge in [-0.15, -0.1) is 0 Å². The van der Waals surface area contributed by atoms with E-state index in [0.717, 1.165) is 23.8 Å². The Morgan fingerprint density at radius 1 is 1.32 bits per heavy atom. The number of aryl methyl sites for hydroxylation is 1. The highest BCUT2D eigenvalue weighted by molar-refractivity contribution is 6.28. The number of unbranched alkanes of at least 4 members (excludes halogenated alkanes) is 2. The van der Waals surface area contributed by atoms with Gasteiger partial charge in [0.2, 0.25) is 5.28 Å². The van der Waals surface area contributed by atoms with Crippen LogP contribution in [0.2, 0.25) is 5.28 Å². The van der Waals surface area contributed by atoms with Crippen LogP contribution in [-0.4, -0.2) is 19.1 Å². The smallest absolute Gasteiger partial charge is 0.323 e. The monoisotopic (exact) mass is 283 g/mol. The van der Waals surface area contributed by atoms with Gasteiger partial charge >= 0.3 is 5.69 Å². The Morgan fingerprint density at radius 3 is 2.68 bits per heavy atom. The number of rotatable bonds is 5. The molecule has 0 spiro atoms. The van der Waals surface area contributed by atoms with Gasteiger partial charge in [0.05, 0.1) is 0 Å². The lowest BCUT2D eigenvalue weighted by Crippen LogP contribution is -2.39. The van der Waals surface area contributed by atoms with Crippen molar-refractivity contribution in [1.82, 2.24) is 19.1 Å². The number of fused-ring (bicyclic) bond motifs is 1. The number of H-pyrrole nitrogens is 1. The maximum Gasteiger partial charge on any atom is 0.332 e. The summed E-state index contributed by atoms with van der Waals surface area (Å²) in [5, 5.41) is 0.109. The van der Waals surface area contributed by atoms with Gasteiger partial charge in [0.1, 0.15) is 0 Å². The third kappa shape index (κ3) is 2.45. The van der Waals surface area contributed by atoms with E-state index in [1.54, 1.807) is 0 Å². The Bertz CT molecular complexity index is 698. The molecule has 0 aliphatic heterocycles. The van der Waals surface area contributed by atoms with Crippen LogP contribution in [0.25, 0.3) is 11.2 Å². The average molecular weight is 284 g/mol. The van der Waals surface area contributed by atoms with Gasteiger partial charge in [-0.3, -0.25) is 13.9 Å². The zero-order valence-electron chi connectivity index (χ0n) is 10.8. The van der Waals surface area contributed by atoms with E-state index in [9.17, 15) is 9.59 Å². The van der Waals surface area contributed by atoms with Gasteiger partial charge in [0.15, 0.2) is 11.2 Å². The van der Waals surface area contributed by atoms with Crippen LogP contribution in [0.15, 0.2) is 9.59 Å². The lowest BCUT2D eigenvalue weighted by Gasteiger charge is -2.09. The van der Waals surface area contributed by atoms with Crippen LogP contribution in [0.5, 0.6) is 0 Å². The van der Waals surface area contributed by atoms with Crippen molar-refractivity contribution in [1.29, 1.82) is 0 Å². The Balaban J connectivity index is 2.66. The van der Waals surface area contributed by atoms with E-state index >= 15 is 0 Å². The topological polar surface area (TPSA) is 72.7 Å². The molecule has 19 heavy (non-hydrogen) atoms. The molecule has 0 aliphatic rings. The van der Waals surface area contributed by atoms with Gasteiger partial charge in [0.25, 0.3) is 5.56 Å². The van der Waals surface area contributed by atoms with Gasteiger partial charge in [-0.05, 0) is 24.9 Å². The minimum atomic E-state index is -0.429. The molecule has 0 saturated carbocycles. The molecule has 0 saturated heterocycles. The first-order chi connectivity index (χ1) is 9.10. The number of nitrogens with zero attached hydrogens (tertiary/aromatic N) is 3. The number of hydrogen-bond acceptors (Lipinski definition) is 3. The molecular formula is C12H16ClN4O2. The fraction of sp³-hybridized carbons (Fsp3) is 0.500. The third-order valence-electron chi connectivity index (χ3n) is 3.04. The van der Waals surface area contributed by atoms with Crippen LogP contribution >= 0.6 is 11.6 Å². The zero-order chi connectivity index (χ0) is 14.0. The summed E-state index contributed by atoms with van der Waals surface area (Å²) in [6.45, 7) is 6.29. The summed E-state index contributed by atoms with van der Waals surface area (Å²) in [7, 11) is 0. The molecule has 1 radical (unpaired) electrons. The van der Waals surface area contributed by atoms with Crippen LogP contribution in [0.1, 0.15) is 26.2 Å². The van der Waals surface area contributed by atoms with E-state index in [1.165, 1.54) is 4.57 Å². The van der Waals surface area contributed by atoms with Crippen molar-refractivity contribution in [2.24, 2.45) is 0 Å². The number of imidazole rings is 1. The van der Waals surface area contributed by atoms with Gasteiger partial charge in [-0.25, -0.2) is 4.79 Å². The first-order valence-corrected chi connectivity index (χ1v) is 6.66. The molecule has 103 valence electrons. The Morgan fingerprint density at radius 2 is 2.05 bits per heavy atom. The molecule has 2 aromatic heterocycles. The van der Waals surface area contributed by atoms with Gasteiger partial charge in [-0.2, -0.15) is 4.98 Å². The quantitative estimate of drug-likeness (QED) is 0.668. The van der Waals surface area contributed by atoms with Crippen molar-refractivity contribution in [2.45, 2.75) is 39.3 Å². The number of aromatic nitrogens is 4. The molecule has 2 aromatic rings. The summed E-state index contributed by atoms with van der Waals surface area (Å²) in [5.74, 6) is 0.